The minimum absolute atomic E-state index is 0.814. The normalized spacial score (nSPS) is 11.2. The first-order valence-electron chi connectivity index (χ1n) is 7.96. The molecule has 0 aliphatic rings. The van der Waals surface area contributed by atoms with Gasteiger partial charge in [-0.25, -0.2) is 9.97 Å². The molecule has 22 heavy (non-hydrogen) atoms. The number of hydrogen-bond donors (Lipinski definition) is 1. The Morgan fingerprint density at radius 3 is 2.68 bits per heavy atom. The standard InChI is InChI=1S/C17H23N5/c1-3-4-8-18-17-16-15(19-14(2)20-17)7-11-22(16)13-12-21-9-5-6-10-21/h5-7,9-11H,3-4,8,12-13H2,1-2H3,(H,18,19,20). The van der Waals surface area contributed by atoms with Gasteiger partial charge >= 0.3 is 0 Å². The van der Waals surface area contributed by atoms with Crippen LogP contribution in [0, 0.1) is 6.92 Å². The van der Waals surface area contributed by atoms with Gasteiger partial charge in [0.25, 0.3) is 0 Å². The molecule has 0 unspecified atom stereocenters. The second kappa shape index (κ2) is 6.64. The van der Waals surface area contributed by atoms with Crippen molar-refractivity contribution in [3.05, 3.63) is 42.6 Å². The predicted molar refractivity (Wildman–Crippen MR) is 90.1 cm³/mol. The van der Waals surface area contributed by atoms with E-state index in [1.54, 1.807) is 0 Å². The second-order valence-corrected chi connectivity index (χ2v) is 5.56. The van der Waals surface area contributed by atoms with Gasteiger partial charge in [-0.2, -0.15) is 0 Å². The summed E-state index contributed by atoms with van der Waals surface area (Å²) in [5.74, 6) is 1.77. The van der Waals surface area contributed by atoms with E-state index in [4.69, 9.17) is 0 Å². The minimum Gasteiger partial charge on any atom is -0.368 e. The highest BCUT2D eigenvalue weighted by atomic mass is 15.1. The van der Waals surface area contributed by atoms with Crippen LogP contribution in [0.25, 0.3) is 11.0 Å². The van der Waals surface area contributed by atoms with E-state index in [1.807, 2.05) is 6.92 Å². The fourth-order valence-corrected chi connectivity index (χ4v) is 2.66. The number of anilines is 1. The third-order valence-corrected chi connectivity index (χ3v) is 3.81. The van der Waals surface area contributed by atoms with Crippen LogP contribution in [0.15, 0.2) is 36.8 Å². The summed E-state index contributed by atoms with van der Waals surface area (Å²) in [5.41, 5.74) is 2.12. The molecule has 0 aromatic carbocycles. The minimum atomic E-state index is 0.814. The van der Waals surface area contributed by atoms with Crippen LogP contribution in [0.2, 0.25) is 0 Å². The highest BCUT2D eigenvalue weighted by molar-refractivity contribution is 5.86. The van der Waals surface area contributed by atoms with Crippen molar-refractivity contribution in [1.29, 1.82) is 0 Å². The van der Waals surface area contributed by atoms with Crippen LogP contribution in [0.4, 0.5) is 5.82 Å². The Morgan fingerprint density at radius 1 is 1.09 bits per heavy atom. The van der Waals surface area contributed by atoms with E-state index in [1.165, 1.54) is 6.42 Å². The topological polar surface area (TPSA) is 47.7 Å². The molecule has 0 radical (unpaired) electrons. The fraction of sp³-hybridized carbons (Fsp3) is 0.412. The Labute approximate surface area is 131 Å². The molecule has 0 amide bonds. The number of rotatable bonds is 7. The third kappa shape index (κ3) is 3.13. The molecule has 0 spiro atoms. The Hall–Kier alpha value is -2.30. The number of nitrogens with zero attached hydrogens (tertiary/aromatic N) is 4. The van der Waals surface area contributed by atoms with Crippen LogP contribution in [-0.2, 0) is 13.1 Å². The quantitative estimate of drug-likeness (QED) is 0.679. The summed E-state index contributed by atoms with van der Waals surface area (Å²) in [7, 11) is 0. The van der Waals surface area contributed by atoms with Gasteiger partial charge in [0.2, 0.25) is 0 Å². The van der Waals surface area contributed by atoms with Crippen molar-refractivity contribution in [1.82, 2.24) is 19.1 Å². The highest BCUT2D eigenvalue weighted by Gasteiger charge is 2.10. The molecule has 0 saturated carbocycles. The summed E-state index contributed by atoms with van der Waals surface area (Å²) in [6.45, 7) is 6.95. The van der Waals surface area contributed by atoms with Crippen LogP contribution in [0.3, 0.4) is 0 Å². The Balaban J connectivity index is 1.86. The maximum absolute atomic E-state index is 4.60. The summed E-state index contributed by atoms with van der Waals surface area (Å²) in [4.78, 5) is 9.15. The fourth-order valence-electron chi connectivity index (χ4n) is 2.66. The summed E-state index contributed by atoms with van der Waals surface area (Å²) in [6, 6.07) is 6.18. The van der Waals surface area contributed by atoms with Crippen LogP contribution in [0.1, 0.15) is 25.6 Å². The van der Waals surface area contributed by atoms with E-state index in [-0.39, 0.29) is 0 Å². The molecule has 116 valence electrons. The predicted octanol–water partition coefficient (Wildman–Crippen LogP) is 3.45. The Bertz CT molecular complexity index is 727. The molecule has 0 aliphatic carbocycles. The van der Waals surface area contributed by atoms with E-state index in [9.17, 15) is 0 Å². The highest BCUT2D eigenvalue weighted by Crippen LogP contribution is 2.22. The molecule has 1 N–H and O–H groups in total. The zero-order chi connectivity index (χ0) is 15.4. The zero-order valence-corrected chi connectivity index (χ0v) is 13.3. The summed E-state index contributed by atoms with van der Waals surface area (Å²) in [5, 5.41) is 3.47. The van der Waals surface area contributed by atoms with Gasteiger partial charge < -0.3 is 14.5 Å². The van der Waals surface area contributed by atoms with Gasteiger partial charge in [-0.15, -0.1) is 0 Å². The first-order valence-corrected chi connectivity index (χ1v) is 7.96. The summed E-state index contributed by atoms with van der Waals surface area (Å²) >= 11 is 0. The maximum atomic E-state index is 4.60. The molecular formula is C17H23N5. The SMILES string of the molecule is CCCCNc1nc(C)nc2ccn(CCn3cccc3)c12. The van der Waals surface area contributed by atoms with Crippen LogP contribution in [0.5, 0.6) is 0 Å². The van der Waals surface area contributed by atoms with Crippen molar-refractivity contribution in [3.63, 3.8) is 0 Å². The molecule has 3 aromatic rings. The molecule has 3 heterocycles. The van der Waals surface area contributed by atoms with Crippen molar-refractivity contribution in [3.8, 4) is 0 Å². The van der Waals surface area contributed by atoms with Gasteiger partial charge in [0.05, 0.1) is 5.52 Å². The van der Waals surface area contributed by atoms with Crippen molar-refractivity contribution in [2.75, 3.05) is 11.9 Å². The van der Waals surface area contributed by atoms with Gasteiger partial charge in [-0.3, -0.25) is 0 Å². The van der Waals surface area contributed by atoms with Gasteiger partial charge in [0.15, 0.2) is 5.82 Å². The summed E-state index contributed by atoms with van der Waals surface area (Å²) in [6.07, 6.45) is 8.61. The lowest BCUT2D eigenvalue weighted by atomic mass is 10.3. The molecule has 0 bridgehead atoms. The van der Waals surface area contributed by atoms with Crippen molar-refractivity contribution < 1.29 is 0 Å². The van der Waals surface area contributed by atoms with Crippen LogP contribution >= 0.6 is 0 Å². The molecule has 3 aromatic heterocycles. The average Bonchev–Trinajstić information content (AvgIpc) is 3.14. The lowest BCUT2D eigenvalue weighted by Crippen LogP contribution is -2.09. The largest absolute Gasteiger partial charge is 0.368 e. The second-order valence-electron chi connectivity index (χ2n) is 5.56. The number of hydrogen-bond acceptors (Lipinski definition) is 3. The first-order chi connectivity index (χ1) is 10.8. The zero-order valence-electron chi connectivity index (χ0n) is 13.3. The maximum Gasteiger partial charge on any atom is 0.154 e. The molecule has 5 nitrogen and oxygen atoms in total. The molecule has 3 rings (SSSR count). The molecule has 0 fully saturated rings. The van der Waals surface area contributed by atoms with Gasteiger partial charge in [0, 0.05) is 38.2 Å². The van der Waals surface area contributed by atoms with E-state index in [0.717, 1.165) is 48.7 Å². The van der Waals surface area contributed by atoms with E-state index in [0.29, 0.717) is 0 Å². The van der Waals surface area contributed by atoms with Crippen LogP contribution in [-0.4, -0.2) is 25.6 Å². The Kier molecular flexibility index (Phi) is 4.42. The molecule has 0 saturated heterocycles. The number of aromatic nitrogens is 4. The lowest BCUT2D eigenvalue weighted by molar-refractivity contribution is 0.594. The third-order valence-electron chi connectivity index (χ3n) is 3.81. The van der Waals surface area contributed by atoms with Crippen molar-refractivity contribution in [2.45, 2.75) is 39.8 Å². The molecule has 0 aliphatic heterocycles. The van der Waals surface area contributed by atoms with E-state index >= 15 is 0 Å². The van der Waals surface area contributed by atoms with Crippen LogP contribution < -0.4 is 5.32 Å². The van der Waals surface area contributed by atoms with Gasteiger partial charge in [0.1, 0.15) is 11.3 Å². The van der Waals surface area contributed by atoms with Crippen molar-refractivity contribution >= 4 is 16.9 Å². The number of fused-ring (bicyclic) bond motifs is 1. The monoisotopic (exact) mass is 297 g/mol. The first kappa shape index (κ1) is 14.6. The number of unbranched alkanes of at least 4 members (excludes halogenated alkanes) is 1. The smallest absolute Gasteiger partial charge is 0.154 e. The lowest BCUT2D eigenvalue weighted by Gasteiger charge is -2.11. The molecule has 5 heteroatoms. The molecule has 0 atom stereocenters. The van der Waals surface area contributed by atoms with E-state index < -0.39 is 0 Å². The van der Waals surface area contributed by atoms with E-state index in [2.05, 4.69) is 68.1 Å². The summed E-state index contributed by atoms with van der Waals surface area (Å²) < 4.78 is 4.42. The average molecular weight is 297 g/mol. The van der Waals surface area contributed by atoms with Crippen molar-refractivity contribution in [2.24, 2.45) is 0 Å². The van der Waals surface area contributed by atoms with Gasteiger partial charge in [-0.1, -0.05) is 13.3 Å². The Morgan fingerprint density at radius 2 is 1.91 bits per heavy atom. The number of aryl methyl sites for hydroxylation is 3. The molecular weight excluding hydrogens is 274 g/mol. The number of nitrogens with one attached hydrogen (secondary N) is 1. The van der Waals surface area contributed by atoms with Gasteiger partial charge in [-0.05, 0) is 31.5 Å².